The van der Waals surface area contributed by atoms with Gasteiger partial charge in [-0.25, -0.2) is 0 Å². The van der Waals surface area contributed by atoms with E-state index in [1.165, 1.54) is 6.92 Å². The first-order valence-electron chi connectivity index (χ1n) is 2.14. The van der Waals surface area contributed by atoms with Crippen LogP contribution in [0, 0.1) is 0 Å². The molecule has 0 aliphatic rings. The Bertz CT molecular complexity index is 108. The molecular formula is C4H6O4S. The third-order valence-electron chi connectivity index (χ3n) is 0.359. The van der Waals surface area contributed by atoms with Gasteiger partial charge in [-0.15, -0.1) is 0 Å². The molecule has 4 nitrogen and oxygen atoms in total. The van der Waals surface area contributed by atoms with Gasteiger partial charge >= 0.3 is 11.9 Å². The molecule has 0 aliphatic heterocycles. The average molecular weight is 150 g/mol. The van der Waals surface area contributed by atoms with Crippen molar-refractivity contribution in [1.82, 2.24) is 0 Å². The zero-order valence-corrected chi connectivity index (χ0v) is 5.60. The molecule has 0 unspecified atom stereocenters. The van der Waals surface area contributed by atoms with Crippen molar-refractivity contribution in [3.8, 4) is 0 Å². The van der Waals surface area contributed by atoms with Crippen molar-refractivity contribution in [3.63, 3.8) is 0 Å². The average Bonchev–Trinajstić information content (AvgIpc) is 1.63. The van der Waals surface area contributed by atoms with E-state index in [2.05, 4.69) is 4.18 Å². The van der Waals surface area contributed by atoms with E-state index in [0.717, 1.165) is 0 Å². The van der Waals surface area contributed by atoms with E-state index in [1.54, 1.807) is 0 Å². The van der Waals surface area contributed by atoms with Gasteiger partial charge in [0.15, 0.2) is 0 Å². The lowest BCUT2D eigenvalue weighted by molar-refractivity contribution is -0.134. The van der Waals surface area contributed by atoms with E-state index >= 15 is 0 Å². The van der Waals surface area contributed by atoms with Gasteiger partial charge in [-0.3, -0.25) is 9.59 Å². The van der Waals surface area contributed by atoms with Gasteiger partial charge in [0.1, 0.15) is 5.75 Å². The Morgan fingerprint density at radius 1 is 1.67 bits per heavy atom. The lowest BCUT2D eigenvalue weighted by Crippen LogP contribution is -2.00. The molecule has 0 saturated carbocycles. The van der Waals surface area contributed by atoms with Crippen LogP contribution in [0.25, 0.3) is 0 Å². The topological polar surface area (TPSA) is 63.6 Å². The fraction of sp³-hybridized carbons (Fsp3) is 0.500. The molecule has 0 spiro atoms. The molecule has 0 atom stereocenters. The molecule has 0 heterocycles. The van der Waals surface area contributed by atoms with Crippen LogP contribution < -0.4 is 0 Å². The molecule has 0 radical (unpaired) electrons. The minimum atomic E-state index is -0.999. The first-order chi connectivity index (χ1) is 4.13. The molecule has 5 heteroatoms. The van der Waals surface area contributed by atoms with Gasteiger partial charge in [0.25, 0.3) is 0 Å². The molecule has 0 rings (SSSR count). The van der Waals surface area contributed by atoms with Gasteiger partial charge in [0, 0.05) is 6.92 Å². The zero-order valence-electron chi connectivity index (χ0n) is 4.79. The highest BCUT2D eigenvalue weighted by Gasteiger charge is 1.98. The predicted octanol–water partition coefficient (Wildman–Crippen LogP) is 0.282. The van der Waals surface area contributed by atoms with Crippen LogP contribution in [0.5, 0.6) is 0 Å². The van der Waals surface area contributed by atoms with Gasteiger partial charge in [0.2, 0.25) is 0 Å². The van der Waals surface area contributed by atoms with Crippen LogP contribution in [0.15, 0.2) is 0 Å². The van der Waals surface area contributed by atoms with Crippen molar-refractivity contribution in [2.75, 3.05) is 5.75 Å². The molecule has 0 fully saturated rings. The van der Waals surface area contributed by atoms with Gasteiger partial charge in [0.05, 0.1) is 12.0 Å². The van der Waals surface area contributed by atoms with Crippen molar-refractivity contribution in [3.05, 3.63) is 0 Å². The number of hydrogen-bond donors (Lipinski definition) is 1. The summed E-state index contributed by atoms with van der Waals surface area (Å²) >= 11 is 0.620. The summed E-state index contributed by atoms with van der Waals surface area (Å²) in [5.74, 6) is -1.69. The second-order valence-corrected chi connectivity index (χ2v) is 1.92. The van der Waals surface area contributed by atoms with E-state index in [4.69, 9.17) is 5.11 Å². The molecule has 0 aromatic heterocycles. The van der Waals surface area contributed by atoms with Gasteiger partial charge in [-0.05, 0) is 0 Å². The summed E-state index contributed by atoms with van der Waals surface area (Å²) < 4.78 is 4.25. The first kappa shape index (κ1) is 8.29. The minimum Gasteiger partial charge on any atom is -0.481 e. The summed E-state index contributed by atoms with van der Waals surface area (Å²) in [4.78, 5) is 19.8. The maximum absolute atomic E-state index is 9.99. The van der Waals surface area contributed by atoms with E-state index in [1.807, 2.05) is 0 Å². The fourth-order valence-corrected chi connectivity index (χ4v) is 0.489. The fourth-order valence-electron chi connectivity index (χ4n) is 0.163. The summed E-state index contributed by atoms with van der Waals surface area (Å²) in [6.45, 7) is 1.22. The Morgan fingerprint density at radius 2 is 2.22 bits per heavy atom. The summed E-state index contributed by atoms with van der Waals surface area (Å²) in [5, 5.41) is 8.01. The molecular weight excluding hydrogens is 144 g/mol. The Labute approximate surface area is 56.4 Å². The normalized spacial score (nSPS) is 8.56. The zero-order chi connectivity index (χ0) is 7.28. The molecule has 0 saturated heterocycles. The van der Waals surface area contributed by atoms with Crippen molar-refractivity contribution in [2.45, 2.75) is 6.92 Å². The summed E-state index contributed by atoms with van der Waals surface area (Å²) in [7, 11) is 0. The quantitative estimate of drug-likeness (QED) is 0.585. The second kappa shape index (κ2) is 4.20. The third kappa shape index (κ3) is 7.29. The summed E-state index contributed by atoms with van der Waals surface area (Å²) in [6.07, 6.45) is 0. The summed E-state index contributed by atoms with van der Waals surface area (Å²) in [5.41, 5.74) is 0. The van der Waals surface area contributed by atoms with Gasteiger partial charge < -0.3 is 9.29 Å². The Kier molecular flexibility index (Phi) is 3.87. The molecule has 0 amide bonds. The predicted molar refractivity (Wildman–Crippen MR) is 31.9 cm³/mol. The highest BCUT2D eigenvalue weighted by molar-refractivity contribution is 7.95. The standard InChI is InChI=1S/C4H6O4S/c1-3(5)8-9-2-4(6)7/h2H2,1H3,(H,6,7). The van der Waals surface area contributed by atoms with Crippen LogP contribution in [-0.2, 0) is 13.8 Å². The minimum absolute atomic E-state index is 0.209. The van der Waals surface area contributed by atoms with Crippen LogP contribution >= 0.6 is 12.0 Å². The van der Waals surface area contributed by atoms with Crippen LogP contribution in [0.4, 0.5) is 0 Å². The number of aliphatic carboxylic acids is 1. The van der Waals surface area contributed by atoms with Crippen LogP contribution in [0.1, 0.15) is 6.92 Å². The number of carboxylic acid groups (broad SMARTS) is 1. The monoisotopic (exact) mass is 150 g/mol. The highest BCUT2D eigenvalue weighted by atomic mass is 32.2. The van der Waals surface area contributed by atoms with E-state index in [-0.39, 0.29) is 5.75 Å². The number of hydrogen-bond acceptors (Lipinski definition) is 4. The van der Waals surface area contributed by atoms with Crippen LogP contribution in [-0.4, -0.2) is 22.8 Å². The van der Waals surface area contributed by atoms with Crippen molar-refractivity contribution in [2.24, 2.45) is 0 Å². The Balaban J connectivity index is 3.10. The summed E-state index contributed by atoms with van der Waals surface area (Å²) in [6, 6.07) is 0. The molecule has 0 bridgehead atoms. The molecule has 0 aromatic rings. The van der Waals surface area contributed by atoms with Crippen LogP contribution in [0.2, 0.25) is 0 Å². The van der Waals surface area contributed by atoms with Crippen molar-refractivity contribution < 1.29 is 18.9 Å². The molecule has 0 aliphatic carbocycles. The third-order valence-corrected chi connectivity index (χ3v) is 1.08. The van der Waals surface area contributed by atoms with Crippen molar-refractivity contribution in [1.29, 1.82) is 0 Å². The van der Waals surface area contributed by atoms with Crippen LogP contribution in [0.3, 0.4) is 0 Å². The maximum atomic E-state index is 9.99. The molecule has 1 N–H and O–H groups in total. The smallest absolute Gasteiger partial charge is 0.316 e. The van der Waals surface area contributed by atoms with E-state index < -0.39 is 11.9 Å². The number of carboxylic acids is 1. The van der Waals surface area contributed by atoms with Gasteiger partial charge in [-0.1, -0.05) is 0 Å². The lowest BCUT2D eigenvalue weighted by Gasteiger charge is -1.92. The second-order valence-electron chi connectivity index (χ2n) is 1.23. The lowest BCUT2D eigenvalue weighted by atomic mass is 10.8. The molecule has 0 aromatic carbocycles. The Morgan fingerprint density at radius 3 is 2.56 bits per heavy atom. The van der Waals surface area contributed by atoms with E-state index in [9.17, 15) is 9.59 Å². The first-order valence-corrected chi connectivity index (χ1v) is 3.06. The molecule has 9 heavy (non-hydrogen) atoms. The SMILES string of the molecule is CC(=O)OSCC(=O)O. The number of rotatable bonds is 3. The largest absolute Gasteiger partial charge is 0.481 e. The van der Waals surface area contributed by atoms with E-state index in [0.29, 0.717) is 12.0 Å². The number of carbonyl (C=O) groups is 2. The van der Waals surface area contributed by atoms with Crippen molar-refractivity contribution >= 4 is 24.0 Å². The maximum Gasteiger partial charge on any atom is 0.316 e. The number of carbonyl (C=O) groups excluding carboxylic acids is 1. The Hall–Kier alpha value is -0.710. The van der Waals surface area contributed by atoms with Gasteiger partial charge in [-0.2, -0.15) is 0 Å². The highest BCUT2D eigenvalue weighted by Crippen LogP contribution is 2.00. The molecule has 52 valence electrons.